The molecule has 0 aliphatic carbocycles. The summed E-state index contributed by atoms with van der Waals surface area (Å²) in [7, 11) is 0. The molecular formula is C13H7Cl2FINO. The Labute approximate surface area is 133 Å². The summed E-state index contributed by atoms with van der Waals surface area (Å²) in [6.07, 6.45) is 0. The Hall–Kier alpha value is -0.850. The van der Waals surface area contributed by atoms with Crippen molar-refractivity contribution in [2.45, 2.75) is 0 Å². The molecule has 0 spiro atoms. The molecule has 0 saturated heterocycles. The molecule has 0 aliphatic rings. The van der Waals surface area contributed by atoms with Crippen molar-refractivity contribution in [3.05, 3.63) is 61.4 Å². The van der Waals surface area contributed by atoms with Gasteiger partial charge in [-0.2, -0.15) is 0 Å². The van der Waals surface area contributed by atoms with Crippen LogP contribution in [0.2, 0.25) is 10.0 Å². The number of carbonyl (C=O) groups excluding carboxylic acids is 1. The highest BCUT2D eigenvalue weighted by Crippen LogP contribution is 2.31. The molecule has 98 valence electrons. The summed E-state index contributed by atoms with van der Waals surface area (Å²) in [5.74, 6) is -0.906. The van der Waals surface area contributed by atoms with E-state index in [4.69, 9.17) is 23.2 Å². The van der Waals surface area contributed by atoms with E-state index in [9.17, 15) is 9.18 Å². The summed E-state index contributed by atoms with van der Waals surface area (Å²) in [5, 5.41) is 2.69. The van der Waals surface area contributed by atoms with E-state index in [-0.39, 0.29) is 21.6 Å². The van der Waals surface area contributed by atoms with E-state index in [1.807, 2.05) is 6.07 Å². The summed E-state index contributed by atoms with van der Waals surface area (Å²) >= 11 is 13.8. The maximum Gasteiger partial charge on any atom is 0.255 e. The van der Waals surface area contributed by atoms with Crippen LogP contribution < -0.4 is 5.32 Å². The SMILES string of the molecule is O=C(Nc1c(Cl)cc(F)cc1Cl)c1cccc(I)c1. The molecule has 2 rings (SSSR count). The topological polar surface area (TPSA) is 29.1 Å². The van der Waals surface area contributed by atoms with Gasteiger partial charge in [-0.15, -0.1) is 0 Å². The summed E-state index contributed by atoms with van der Waals surface area (Å²) in [6, 6.07) is 9.22. The molecule has 19 heavy (non-hydrogen) atoms. The smallest absolute Gasteiger partial charge is 0.255 e. The zero-order valence-electron chi connectivity index (χ0n) is 9.38. The van der Waals surface area contributed by atoms with Crippen LogP contribution in [-0.4, -0.2) is 5.91 Å². The van der Waals surface area contributed by atoms with Gasteiger partial charge in [0.15, 0.2) is 0 Å². The molecule has 0 heterocycles. The molecule has 0 aromatic heterocycles. The molecule has 0 radical (unpaired) electrons. The maximum atomic E-state index is 13.0. The van der Waals surface area contributed by atoms with Gasteiger partial charge in [0.25, 0.3) is 5.91 Å². The van der Waals surface area contributed by atoms with E-state index in [1.54, 1.807) is 18.2 Å². The van der Waals surface area contributed by atoms with Crippen LogP contribution in [-0.2, 0) is 0 Å². The number of amides is 1. The number of carbonyl (C=O) groups is 1. The molecule has 6 heteroatoms. The predicted octanol–water partition coefficient (Wildman–Crippen LogP) is 4.99. The van der Waals surface area contributed by atoms with E-state index in [2.05, 4.69) is 27.9 Å². The van der Waals surface area contributed by atoms with Gasteiger partial charge in [0, 0.05) is 9.13 Å². The molecule has 0 atom stereocenters. The van der Waals surface area contributed by atoms with Crippen LogP contribution in [0.15, 0.2) is 36.4 Å². The Balaban J connectivity index is 2.29. The van der Waals surface area contributed by atoms with Gasteiger partial charge in [0.1, 0.15) is 5.82 Å². The summed E-state index contributed by atoms with van der Waals surface area (Å²) < 4.78 is 14.0. The molecule has 2 nitrogen and oxygen atoms in total. The minimum Gasteiger partial charge on any atom is -0.319 e. The first-order valence-electron chi connectivity index (χ1n) is 5.19. The van der Waals surface area contributed by atoms with Crippen LogP contribution in [0.3, 0.4) is 0 Å². The van der Waals surface area contributed by atoms with Crippen molar-refractivity contribution in [3.63, 3.8) is 0 Å². The fourth-order valence-electron chi connectivity index (χ4n) is 1.48. The maximum absolute atomic E-state index is 13.0. The quantitative estimate of drug-likeness (QED) is 0.695. The minimum atomic E-state index is -0.553. The molecule has 2 aromatic carbocycles. The molecule has 1 N–H and O–H groups in total. The zero-order valence-corrected chi connectivity index (χ0v) is 13.1. The lowest BCUT2D eigenvalue weighted by Crippen LogP contribution is -2.12. The van der Waals surface area contributed by atoms with Crippen molar-refractivity contribution >= 4 is 57.4 Å². The van der Waals surface area contributed by atoms with Crippen molar-refractivity contribution in [3.8, 4) is 0 Å². The van der Waals surface area contributed by atoms with E-state index >= 15 is 0 Å². The largest absolute Gasteiger partial charge is 0.319 e. The summed E-state index contributed by atoms with van der Waals surface area (Å²) in [5.41, 5.74) is 0.678. The van der Waals surface area contributed by atoms with Crippen LogP contribution in [0.25, 0.3) is 0 Å². The molecule has 1 amide bonds. The Bertz CT molecular complexity index is 625. The van der Waals surface area contributed by atoms with Crippen molar-refractivity contribution in [2.24, 2.45) is 0 Å². The molecule has 0 fully saturated rings. The highest BCUT2D eigenvalue weighted by Gasteiger charge is 2.13. The van der Waals surface area contributed by atoms with E-state index < -0.39 is 5.82 Å². The third kappa shape index (κ3) is 3.58. The average Bonchev–Trinajstić information content (AvgIpc) is 2.33. The molecule has 0 unspecified atom stereocenters. The van der Waals surface area contributed by atoms with Crippen molar-refractivity contribution in [1.29, 1.82) is 0 Å². The molecule has 0 bridgehead atoms. The minimum absolute atomic E-state index is 0.0592. The second-order valence-corrected chi connectivity index (χ2v) is 5.77. The van der Waals surface area contributed by atoms with Crippen LogP contribution in [0.4, 0.5) is 10.1 Å². The third-order valence-electron chi connectivity index (χ3n) is 2.33. The van der Waals surface area contributed by atoms with Crippen molar-refractivity contribution < 1.29 is 9.18 Å². The van der Waals surface area contributed by atoms with Gasteiger partial charge >= 0.3 is 0 Å². The zero-order chi connectivity index (χ0) is 14.0. The molecule has 2 aromatic rings. The van der Waals surface area contributed by atoms with E-state index in [1.165, 1.54) is 0 Å². The van der Waals surface area contributed by atoms with Gasteiger partial charge in [-0.3, -0.25) is 4.79 Å². The fraction of sp³-hybridized carbons (Fsp3) is 0. The van der Waals surface area contributed by atoms with Gasteiger partial charge in [-0.1, -0.05) is 29.3 Å². The number of rotatable bonds is 2. The second-order valence-electron chi connectivity index (χ2n) is 3.71. The summed E-state index contributed by atoms with van der Waals surface area (Å²) in [6.45, 7) is 0. The Morgan fingerprint density at radius 3 is 2.37 bits per heavy atom. The Kier molecular flexibility index (Phi) is 4.65. The van der Waals surface area contributed by atoms with Gasteiger partial charge < -0.3 is 5.32 Å². The normalized spacial score (nSPS) is 10.3. The van der Waals surface area contributed by atoms with Gasteiger partial charge in [0.05, 0.1) is 15.7 Å². The standard InChI is InChI=1S/C13H7Cl2FINO/c14-10-5-8(16)6-11(15)12(10)18-13(19)7-2-1-3-9(17)4-7/h1-6H,(H,18,19). The molecule has 0 aliphatic heterocycles. The number of anilines is 1. The Morgan fingerprint density at radius 1 is 1.16 bits per heavy atom. The number of hydrogen-bond donors (Lipinski definition) is 1. The third-order valence-corrected chi connectivity index (χ3v) is 3.60. The predicted molar refractivity (Wildman–Crippen MR) is 83.5 cm³/mol. The van der Waals surface area contributed by atoms with Crippen LogP contribution in [0.1, 0.15) is 10.4 Å². The first-order chi connectivity index (χ1) is 8.97. The monoisotopic (exact) mass is 409 g/mol. The van der Waals surface area contributed by atoms with Gasteiger partial charge in [-0.25, -0.2) is 4.39 Å². The second kappa shape index (κ2) is 6.07. The highest BCUT2D eigenvalue weighted by atomic mass is 127. The lowest BCUT2D eigenvalue weighted by atomic mass is 10.2. The highest BCUT2D eigenvalue weighted by molar-refractivity contribution is 14.1. The van der Waals surface area contributed by atoms with Crippen LogP contribution >= 0.6 is 45.8 Å². The Morgan fingerprint density at radius 2 is 1.79 bits per heavy atom. The first-order valence-corrected chi connectivity index (χ1v) is 7.02. The average molecular weight is 410 g/mol. The molecular weight excluding hydrogens is 403 g/mol. The van der Waals surface area contributed by atoms with Crippen LogP contribution in [0, 0.1) is 9.39 Å². The van der Waals surface area contributed by atoms with Crippen molar-refractivity contribution in [1.82, 2.24) is 0 Å². The fourth-order valence-corrected chi connectivity index (χ4v) is 2.58. The first kappa shape index (κ1) is 14.6. The number of benzene rings is 2. The van der Waals surface area contributed by atoms with Gasteiger partial charge in [-0.05, 0) is 52.9 Å². The lowest BCUT2D eigenvalue weighted by molar-refractivity contribution is 0.102. The number of halogens is 4. The van der Waals surface area contributed by atoms with Crippen LogP contribution in [0.5, 0.6) is 0 Å². The van der Waals surface area contributed by atoms with E-state index in [0.717, 1.165) is 15.7 Å². The lowest BCUT2D eigenvalue weighted by Gasteiger charge is -2.09. The molecule has 0 saturated carbocycles. The van der Waals surface area contributed by atoms with Crippen molar-refractivity contribution in [2.75, 3.05) is 5.32 Å². The number of nitrogens with one attached hydrogen (secondary N) is 1. The number of hydrogen-bond acceptors (Lipinski definition) is 1. The van der Waals surface area contributed by atoms with Gasteiger partial charge in [0.2, 0.25) is 0 Å². The van der Waals surface area contributed by atoms with E-state index in [0.29, 0.717) is 5.56 Å². The summed E-state index contributed by atoms with van der Waals surface area (Å²) in [4.78, 5) is 12.0.